The number of carbonyl (C=O) groups is 2. The number of rotatable bonds is 9. The fourth-order valence-electron chi connectivity index (χ4n) is 4.11. The van der Waals surface area contributed by atoms with Crippen LogP contribution in [0.25, 0.3) is 11.3 Å². The largest absolute Gasteiger partial charge is 0.467 e. The molecular formula is C33H38N4O4. The number of aromatic nitrogens is 2. The van der Waals surface area contributed by atoms with Crippen LogP contribution in [0.3, 0.4) is 0 Å². The average molecular weight is 555 g/mol. The van der Waals surface area contributed by atoms with E-state index in [0.29, 0.717) is 30.2 Å². The van der Waals surface area contributed by atoms with Crippen molar-refractivity contribution in [2.24, 2.45) is 0 Å². The maximum atomic E-state index is 13.1. The zero-order chi connectivity index (χ0) is 28.5. The molecule has 1 atom stereocenters. The van der Waals surface area contributed by atoms with Gasteiger partial charge in [-0.15, -0.1) is 0 Å². The molecule has 0 fully saturated rings. The normalized spacial score (nSPS) is 11.5. The number of ether oxygens (including phenoxy) is 2. The molecule has 0 aliphatic heterocycles. The van der Waals surface area contributed by atoms with Crippen molar-refractivity contribution >= 4 is 23.6 Å². The van der Waals surface area contributed by atoms with Crippen molar-refractivity contribution in [2.45, 2.75) is 52.8 Å². The lowest BCUT2D eigenvalue weighted by Crippen LogP contribution is -2.36. The van der Waals surface area contributed by atoms with Crippen LogP contribution in [-0.2, 0) is 27.2 Å². The molecule has 1 heterocycles. The monoisotopic (exact) mass is 554 g/mol. The first-order chi connectivity index (χ1) is 19.2. The first kappa shape index (κ1) is 30.8. The highest BCUT2D eigenvalue weighted by molar-refractivity contribution is 5.88. The maximum absolute atomic E-state index is 13.1. The van der Waals surface area contributed by atoms with Crippen LogP contribution in [0.5, 0.6) is 0 Å². The Morgan fingerprint density at radius 3 is 2.07 bits per heavy atom. The number of amides is 1. The molecule has 0 bridgehead atoms. The van der Waals surface area contributed by atoms with Crippen molar-refractivity contribution in [3.05, 3.63) is 108 Å². The molecule has 41 heavy (non-hydrogen) atoms. The van der Waals surface area contributed by atoms with Crippen LogP contribution in [0.1, 0.15) is 39.3 Å². The van der Waals surface area contributed by atoms with Crippen molar-refractivity contribution in [1.82, 2.24) is 9.97 Å². The van der Waals surface area contributed by atoms with Crippen molar-refractivity contribution < 1.29 is 19.1 Å². The van der Waals surface area contributed by atoms with Crippen LogP contribution in [-0.4, -0.2) is 40.8 Å². The zero-order valence-electron chi connectivity index (χ0n) is 23.2. The van der Waals surface area contributed by atoms with Crippen molar-refractivity contribution in [1.29, 1.82) is 0 Å². The van der Waals surface area contributed by atoms with Gasteiger partial charge in [0.2, 0.25) is 0 Å². The minimum Gasteiger partial charge on any atom is -0.467 e. The molecule has 4 rings (SSSR count). The van der Waals surface area contributed by atoms with E-state index in [0.717, 1.165) is 16.7 Å². The third kappa shape index (κ3) is 8.89. The molecule has 4 aromatic rings. The maximum Gasteiger partial charge on any atom is 0.415 e. The number of esters is 1. The third-order valence-electron chi connectivity index (χ3n) is 6.03. The fourth-order valence-corrected chi connectivity index (χ4v) is 4.11. The summed E-state index contributed by atoms with van der Waals surface area (Å²) < 4.78 is 10.7. The Labute approximate surface area is 242 Å². The van der Waals surface area contributed by atoms with E-state index in [1.54, 1.807) is 11.0 Å². The summed E-state index contributed by atoms with van der Waals surface area (Å²) in [5.41, 5.74) is 3.55. The SMILES string of the molecule is C.COC(=O)C(Cc1ccccc1)Nc1cc(-c2ccc(N(Cc3ccccc3)C(=O)OC(C)(C)C)cc2)ncn1. The molecule has 0 saturated carbocycles. The van der Waals surface area contributed by atoms with E-state index in [1.807, 2.05) is 106 Å². The highest BCUT2D eigenvalue weighted by Crippen LogP contribution is 2.26. The van der Waals surface area contributed by atoms with Gasteiger partial charge < -0.3 is 14.8 Å². The Morgan fingerprint density at radius 1 is 0.878 bits per heavy atom. The predicted molar refractivity (Wildman–Crippen MR) is 163 cm³/mol. The Kier molecular flexibility index (Phi) is 10.6. The number of nitrogens with zero attached hydrogens (tertiary/aromatic N) is 3. The number of nitrogens with one attached hydrogen (secondary N) is 1. The summed E-state index contributed by atoms with van der Waals surface area (Å²) in [6.07, 6.45) is 1.47. The molecule has 8 heteroatoms. The van der Waals surface area contributed by atoms with Gasteiger partial charge in [0.1, 0.15) is 23.8 Å². The molecule has 1 N–H and O–H groups in total. The minimum atomic E-state index is -0.626. The molecular weight excluding hydrogens is 516 g/mol. The van der Waals surface area contributed by atoms with Crippen LogP contribution in [0.4, 0.5) is 16.3 Å². The van der Waals surface area contributed by atoms with E-state index in [4.69, 9.17) is 9.47 Å². The lowest BCUT2D eigenvalue weighted by molar-refractivity contribution is -0.141. The standard InChI is InChI=1S/C32H34N4O4.CH4/c1-32(2,3)40-31(38)36(21-24-13-9-6-10-14-24)26-17-15-25(16-18-26)27-20-29(34-22-33-27)35-28(30(37)39-4)19-23-11-7-5-8-12-23;/h5-18,20,22,28H,19,21H2,1-4H3,(H,33,34,35);1H4. The summed E-state index contributed by atoms with van der Waals surface area (Å²) in [5.74, 6) is 0.119. The lowest BCUT2D eigenvalue weighted by Gasteiger charge is -2.27. The molecule has 0 aliphatic carbocycles. The molecule has 1 aromatic heterocycles. The van der Waals surface area contributed by atoms with Gasteiger partial charge in [0.25, 0.3) is 0 Å². The van der Waals surface area contributed by atoms with Gasteiger partial charge in [0.15, 0.2) is 0 Å². The highest BCUT2D eigenvalue weighted by atomic mass is 16.6. The van der Waals surface area contributed by atoms with Gasteiger partial charge in [-0.2, -0.15) is 0 Å². The molecule has 8 nitrogen and oxygen atoms in total. The van der Waals surface area contributed by atoms with E-state index in [9.17, 15) is 9.59 Å². The second kappa shape index (κ2) is 14.1. The Morgan fingerprint density at radius 2 is 1.49 bits per heavy atom. The molecule has 0 aliphatic rings. The van der Waals surface area contributed by atoms with Crippen LogP contribution in [0.15, 0.2) is 97.3 Å². The first-order valence-corrected chi connectivity index (χ1v) is 13.1. The number of hydrogen-bond acceptors (Lipinski definition) is 7. The second-order valence-electron chi connectivity index (χ2n) is 10.3. The van der Waals surface area contributed by atoms with Gasteiger partial charge in [-0.3, -0.25) is 4.90 Å². The van der Waals surface area contributed by atoms with Crippen LogP contribution in [0.2, 0.25) is 0 Å². The first-order valence-electron chi connectivity index (χ1n) is 13.1. The summed E-state index contributed by atoms with van der Waals surface area (Å²) in [4.78, 5) is 35.9. The molecule has 3 aromatic carbocycles. The van der Waals surface area contributed by atoms with Gasteiger partial charge in [-0.05, 0) is 44.0 Å². The Hall–Kier alpha value is -4.72. The fraction of sp³-hybridized carbons (Fsp3) is 0.273. The lowest BCUT2D eigenvalue weighted by atomic mass is 10.1. The molecule has 1 amide bonds. The smallest absolute Gasteiger partial charge is 0.415 e. The van der Waals surface area contributed by atoms with E-state index in [-0.39, 0.29) is 13.4 Å². The van der Waals surface area contributed by atoms with Gasteiger partial charge in [-0.1, -0.05) is 80.2 Å². The van der Waals surface area contributed by atoms with Crippen LogP contribution >= 0.6 is 0 Å². The second-order valence-corrected chi connectivity index (χ2v) is 10.3. The number of carbonyl (C=O) groups excluding carboxylic acids is 2. The van der Waals surface area contributed by atoms with Crippen molar-refractivity contribution in [2.75, 3.05) is 17.3 Å². The number of hydrogen-bond donors (Lipinski definition) is 1. The highest BCUT2D eigenvalue weighted by Gasteiger charge is 2.24. The van der Waals surface area contributed by atoms with Gasteiger partial charge in [-0.25, -0.2) is 19.6 Å². The summed E-state index contributed by atoms with van der Waals surface area (Å²) in [6.45, 7) is 5.91. The van der Waals surface area contributed by atoms with Gasteiger partial charge in [0.05, 0.1) is 19.3 Å². The molecule has 1 unspecified atom stereocenters. The van der Waals surface area contributed by atoms with E-state index < -0.39 is 17.7 Å². The van der Waals surface area contributed by atoms with E-state index in [1.165, 1.54) is 13.4 Å². The number of benzene rings is 3. The summed E-state index contributed by atoms with van der Waals surface area (Å²) in [5, 5.41) is 3.19. The number of methoxy groups -OCH3 is 1. The van der Waals surface area contributed by atoms with E-state index >= 15 is 0 Å². The van der Waals surface area contributed by atoms with Crippen LogP contribution in [0, 0.1) is 0 Å². The Bertz CT molecular complexity index is 1400. The summed E-state index contributed by atoms with van der Waals surface area (Å²) >= 11 is 0. The van der Waals surface area contributed by atoms with Crippen molar-refractivity contribution in [3.8, 4) is 11.3 Å². The summed E-state index contributed by atoms with van der Waals surface area (Å²) in [7, 11) is 1.37. The Balaban J connectivity index is 0.00000462. The molecule has 214 valence electrons. The number of anilines is 2. The van der Waals surface area contributed by atoms with Gasteiger partial charge in [0, 0.05) is 23.7 Å². The minimum absolute atomic E-state index is 0. The zero-order valence-corrected chi connectivity index (χ0v) is 23.2. The van der Waals surface area contributed by atoms with Crippen LogP contribution < -0.4 is 10.2 Å². The van der Waals surface area contributed by atoms with Crippen molar-refractivity contribution in [3.63, 3.8) is 0 Å². The van der Waals surface area contributed by atoms with Gasteiger partial charge >= 0.3 is 12.1 Å². The molecule has 0 saturated heterocycles. The average Bonchev–Trinajstić information content (AvgIpc) is 2.95. The summed E-state index contributed by atoms with van der Waals surface area (Å²) in [6, 6.07) is 28.2. The van der Waals surface area contributed by atoms with E-state index in [2.05, 4.69) is 15.3 Å². The predicted octanol–water partition coefficient (Wildman–Crippen LogP) is 6.92. The third-order valence-corrected chi connectivity index (χ3v) is 6.03. The topological polar surface area (TPSA) is 93.7 Å². The quantitative estimate of drug-likeness (QED) is 0.225. The molecule has 0 spiro atoms. The molecule has 0 radical (unpaired) electrons.